The van der Waals surface area contributed by atoms with Crippen molar-refractivity contribution < 1.29 is 9.53 Å². The predicted molar refractivity (Wildman–Crippen MR) is 116 cm³/mol. The summed E-state index contributed by atoms with van der Waals surface area (Å²) in [5.41, 5.74) is 7.44. The molecule has 152 valence electrons. The molecular weight excluding hydrogens is 444 g/mol. The SMILES string of the molecule is CCOC(=O)c1nc(Br)c(C)nc1N1CCC2(CC1)CN=C(/C=C\N)C2NS. The van der Waals surface area contributed by atoms with Crippen molar-refractivity contribution in [2.45, 2.75) is 32.7 Å². The maximum atomic E-state index is 12.4. The van der Waals surface area contributed by atoms with Crippen molar-refractivity contribution in [2.24, 2.45) is 16.1 Å². The highest BCUT2D eigenvalue weighted by Gasteiger charge is 2.46. The van der Waals surface area contributed by atoms with Gasteiger partial charge in [-0.2, -0.15) is 0 Å². The van der Waals surface area contributed by atoms with E-state index in [0.29, 0.717) is 17.0 Å². The molecule has 28 heavy (non-hydrogen) atoms. The molecule has 1 fully saturated rings. The Labute approximate surface area is 178 Å². The van der Waals surface area contributed by atoms with Crippen molar-refractivity contribution in [3.63, 3.8) is 0 Å². The Hall–Kier alpha value is -1.65. The highest BCUT2D eigenvalue weighted by Crippen LogP contribution is 2.41. The van der Waals surface area contributed by atoms with Crippen molar-refractivity contribution in [1.29, 1.82) is 0 Å². The van der Waals surface area contributed by atoms with Gasteiger partial charge in [0.2, 0.25) is 0 Å². The Bertz CT molecular complexity index is 808. The van der Waals surface area contributed by atoms with E-state index < -0.39 is 5.97 Å². The number of thiol groups is 1. The van der Waals surface area contributed by atoms with Crippen molar-refractivity contribution in [2.75, 3.05) is 31.1 Å². The molecule has 0 bridgehead atoms. The normalized spacial score (nSPS) is 21.4. The van der Waals surface area contributed by atoms with Crippen LogP contribution in [0.1, 0.15) is 35.9 Å². The smallest absolute Gasteiger partial charge is 0.360 e. The Balaban J connectivity index is 1.82. The minimum atomic E-state index is -0.458. The van der Waals surface area contributed by atoms with Crippen LogP contribution in [0.3, 0.4) is 0 Å². The topological polar surface area (TPSA) is 106 Å². The molecule has 3 rings (SSSR count). The molecule has 0 aromatic carbocycles. The molecule has 1 saturated heterocycles. The Morgan fingerprint density at radius 2 is 2.18 bits per heavy atom. The largest absolute Gasteiger partial charge is 0.461 e. The van der Waals surface area contributed by atoms with E-state index in [1.165, 1.54) is 6.20 Å². The van der Waals surface area contributed by atoms with E-state index in [2.05, 4.69) is 53.3 Å². The number of esters is 1. The number of aromatic nitrogens is 2. The van der Waals surface area contributed by atoms with E-state index in [1.807, 2.05) is 13.0 Å². The fourth-order valence-electron chi connectivity index (χ4n) is 3.85. The number of anilines is 1. The molecule has 3 N–H and O–H groups in total. The van der Waals surface area contributed by atoms with Crippen LogP contribution in [0.5, 0.6) is 0 Å². The van der Waals surface area contributed by atoms with Gasteiger partial charge in [0.25, 0.3) is 0 Å². The van der Waals surface area contributed by atoms with Crippen molar-refractivity contribution in [3.8, 4) is 0 Å². The number of carbonyl (C=O) groups is 1. The van der Waals surface area contributed by atoms with Gasteiger partial charge < -0.3 is 15.4 Å². The molecule has 1 spiro atoms. The first kappa shape index (κ1) is 21.1. The van der Waals surface area contributed by atoms with Gasteiger partial charge in [-0.3, -0.25) is 9.71 Å². The minimum absolute atomic E-state index is 0.0188. The fraction of sp³-hybridized carbons (Fsp3) is 0.556. The Morgan fingerprint density at radius 3 is 2.79 bits per heavy atom. The molecule has 1 aromatic heterocycles. The number of aliphatic imine (C=N–C) groups is 1. The number of carbonyl (C=O) groups excluding carboxylic acids is 1. The van der Waals surface area contributed by atoms with Crippen LogP contribution in [-0.2, 0) is 4.74 Å². The van der Waals surface area contributed by atoms with E-state index in [4.69, 9.17) is 10.5 Å². The molecular formula is C18H25BrN6O2S. The van der Waals surface area contributed by atoms with Crippen LogP contribution in [0, 0.1) is 12.3 Å². The number of ether oxygens (including phenoxy) is 1. The van der Waals surface area contributed by atoms with Crippen LogP contribution >= 0.6 is 28.7 Å². The molecule has 2 aliphatic heterocycles. The molecule has 3 heterocycles. The average molecular weight is 469 g/mol. The van der Waals surface area contributed by atoms with Gasteiger partial charge in [0.05, 0.1) is 24.1 Å². The quantitative estimate of drug-likeness (QED) is 0.448. The van der Waals surface area contributed by atoms with E-state index in [9.17, 15) is 4.79 Å². The number of hydrogen-bond donors (Lipinski definition) is 3. The lowest BCUT2D eigenvalue weighted by Gasteiger charge is -2.43. The van der Waals surface area contributed by atoms with E-state index in [-0.39, 0.29) is 17.2 Å². The second-order valence-corrected chi connectivity index (χ2v) is 8.01. The molecule has 0 amide bonds. The number of piperidine rings is 1. The molecule has 1 unspecified atom stereocenters. The molecule has 2 aliphatic rings. The van der Waals surface area contributed by atoms with Crippen LogP contribution in [0.4, 0.5) is 5.82 Å². The monoisotopic (exact) mass is 468 g/mol. The molecule has 1 atom stereocenters. The van der Waals surface area contributed by atoms with Crippen molar-refractivity contribution in [3.05, 3.63) is 28.3 Å². The van der Waals surface area contributed by atoms with Crippen LogP contribution in [0.15, 0.2) is 21.9 Å². The first-order chi connectivity index (χ1) is 13.5. The van der Waals surface area contributed by atoms with E-state index in [0.717, 1.165) is 43.9 Å². The van der Waals surface area contributed by atoms with Gasteiger partial charge in [-0.05, 0) is 54.9 Å². The number of rotatable bonds is 5. The summed E-state index contributed by atoms with van der Waals surface area (Å²) in [6, 6.07) is 0.0417. The Morgan fingerprint density at radius 1 is 1.46 bits per heavy atom. The van der Waals surface area contributed by atoms with Gasteiger partial charge in [-0.25, -0.2) is 14.8 Å². The third kappa shape index (κ3) is 3.90. The van der Waals surface area contributed by atoms with Crippen molar-refractivity contribution in [1.82, 2.24) is 14.7 Å². The molecule has 1 aromatic rings. The van der Waals surface area contributed by atoms with Gasteiger partial charge in [0.1, 0.15) is 4.60 Å². The standard InChI is InChI=1S/C18H25BrN6O2S/c1-3-27-17(26)13-16(22-11(2)15(19)23-13)25-8-5-18(6-9-25)10-21-12(4-7-20)14(18)24-28/h4,7,14,24,28H,3,5-6,8-10,20H2,1-2H3/b7-4-. The zero-order valence-corrected chi connectivity index (χ0v) is 18.5. The van der Waals surface area contributed by atoms with Gasteiger partial charge in [-0.1, -0.05) is 12.8 Å². The summed E-state index contributed by atoms with van der Waals surface area (Å²) >= 11 is 7.69. The highest BCUT2D eigenvalue weighted by molar-refractivity contribution is 9.10. The number of hydrogen-bond acceptors (Lipinski definition) is 9. The van der Waals surface area contributed by atoms with Gasteiger partial charge >= 0.3 is 5.97 Å². The fourth-order valence-corrected chi connectivity index (χ4v) is 4.52. The van der Waals surface area contributed by atoms with Crippen LogP contribution in [0.25, 0.3) is 0 Å². The summed E-state index contributed by atoms with van der Waals surface area (Å²) < 4.78 is 8.83. The molecule has 0 aliphatic carbocycles. The first-order valence-electron chi connectivity index (χ1n) is 9.24. The van der Waals surface area contributed by atoms with Gasteiger partial charge in [0.15, 0.2) is 11.5 Å². The van der Waals surface area contributed by atoms with Crippen LogP contribution in [-0.4, -0.2) is 53.9 Å². The summed E-state index contributed by atoms with van der Waals surface area (Å²) in [7, 11) is 0. The zero-order valence-electron chi connectivity index (χ0n) is 16.0. The number of nitrogens with one attached hydrogen (secondary N) is 1. The summed E-state index contributed by atoms with van der Waals surface area (Å²) in [6.45, 7) is 6.13. The third-order valence-electron chi connectivity index (χ3n) is 5.40. The Kier molecular flexibility index (Phi) is 6.61. The van der Waals surface area contributed by atoms with Crippen LogP contribution in [0.2, 0.25) is 0 Å². The summed E-state index contributed by atoms with van der Waals surface area (Å²) in [4.78, 5) is 28.2. The van der Waals surface area contributed by atoms with Gasteiger partial charge in [0, 0.05) is 25.0 Å². The van der Waals surface area contributed by atoms with E-state index >= 15 is 0 Å². The number of nitrogens with zero attached hydrogens (tertiary/aromatic N) is 4. The lowest BCUT2D eigenvalue weighted by Crippen LogP contribution is -2.51. The van der Waals surface area contributed by atoms with E-state index in [1.54, 1.807) is 6.92 Å². The molecule has 8 nitrogen and oxygen atoms in total. The first-order valence-corrected chi connectivity index (χ1v) is 10.5. The maximum Gasteiger partial charge on any atom is 0.360 e. The van der Waals surface area contributed by atoms with Crippen LogP contribution < -0.4 is 15.4 Å². The molecule has 10 heteroatoms. The average Bonchev–Trinajstić information content (AvgIpc) is 3.01. The zero-order chi connectivity index (χ0) is 20.3. The lowest BCUT2D eigenvalue weighted by atomic mass is 9.73. The maximum absolute atomic E-state index is 12.4. The summed E-state index contributed by atoms with van der Waals surface area (Å²) in [5.74, 6) is 0.117. The predicted octanol–water partition coefficient (Wildman–Crippen LogP) is 2.04. The lowest BCUT2D eigenvalue weighted by molar-refractivity contribution is 0.0519. The number of aryl methyl sites for hydroxylation is 1. The highest BCUT2D eigenvalue weighted by atomic mass is 79.9. The third-order valence-corrected chi connectivity index (χ3v) is 6.41. The number of halogens is 1. The summed E-state index contributed by atoms with van der Waals surface area (Å²) in [5, 5.41) is 0. The summed E-state index contributed by atoms with van der Waals surface area (Å²) in [6.07, 6.45) is 5.11. The molecule has 0 saturated carbocycles. The second kappa shape index (κ2) is 8.79. The van der Waals surface area contributed by atoms with Gasteiger partial charge in [-0.15, -0.1) is 0 Å². The number of nitrogens with two attached hydrogens (primary N) is 1. The molecule has 0 radical (unpaired) electrons. The second-order valence-electron chi connectivity index (χ2n) is 7.00. The van der Waals surface area contributed by atoms with Crippen molar-refractivity contribution >= 4 is 46.2 Å². The minimum Gasteiger partial charge on any atom is -0.461 e.